The van der Waals surface area contributed by atoms with E-state index < -0.39 is 6.04 Å². The minimum absolute atomic E-state index is 0.354. The Hall–Kier alpha value is -1.67. The van der Waals surface area contributed by atoms with Crippen LogP contribution in [0.15, 0.2) is 23.1 Å². The number of esters is 1. The number of carbonyl (C=O) groups is 1. The minimum Gasteiger partial charge on any atom is -0.467 e. The summed E-state index contributed by atoms with van der Waals surface area (Å²) in [5, 5.41) is 12.2. The van der Waals surface area contributed by atoms with Gasteiger partial charge in [-0.05, 0) is 24.8 Å². The average molecular weight is 264 g/mol. The van der Waals surface area contributed by atoms with Crippen molar-refractivity contribution in [3.8, 4) is 6.07 Å². The van der Waals surface area contributed by atoms with Crippen molar-refractivity contribution in [2.24, 2.45) is 0 Å². The summed E-state index contributed by atoms with van der Waals surface area (Å²) in [6, 6.07) is 7.25. The van der Waals surface area contributed by atoms with E-state index in [0.717, 1.165) is 10.6 Å². The number of thioether (sulfide) groups is 1. The van der Waals surface area contributed by atoms with Crippen LogP contribution in [0.2, 0.25) is 0 Å². The molecule has 0 aromatic heterocycles. The Labute approximate surface area is 111 Å². The number of anilines is 1. The van der Waals surface area contributed by atoms with Gasteiger partial charge in [-0.15, -0.1) is 11.8 Å². The number of hydrogen-bond donors (Lipinski definition) is 1. The molecule has 1 rings (SSSR count). The van der Waals surface area contributed by atoms with Crippen molar-refractivity contribution in [3.63, 3.8) is 0 Å². The molecule has 0 saturated heterocycles. The fraction of sp³-hybridized carbons (Fsp3) is 0.385. The summed E-state index contributed by atoms with van der Waals surface area (Å²) in [6.45, 7) is 3.73. The van der Waals surface area contributed by atoms with Crippen LogP contribution in [-0.4, -0.2) is 24.9 Å². The zero-order valence-electron chi connectivity index (χ0n) is 10.7. The second-order valence-corrected chi connectivity index (χ2v) is 4.92. The lowest BCUT2D eigenvalue weighted by atomic mass is 10.1. The number of benzene rings is 1. The Balaban J connectivity index is 2.99. The van der Waals surface area contributed by atoms with Crippen LogP contribution in [0.5, 0.6) is 0 Å². The lowest BCUT2D eigenvalue weighted by Crippen LogP contribution is -2.27. The topological polar surface area (TPSA) is 62.1 Å². The van der Waals surface area contributed by atoms with Gasteiger partial charge >= 0.3 is 5.97 Å². The van der Waals surface area contributed by atoms with Crippen molar-refractivity contribution in [2.45, 2.75) is 24.8 Å². The van der Waals surface area contributed by atoms with Crippen LogP contribution in [-0.2, 0) is 9.53 Å². The number of rotatable bonds is 5. The quantitative estimate of drug-likeness (QED) is 0.654. The van der Waals surface area contributed by atoms with Crippen molar-refractivity contribution in [1.29, 1.82) is 5.26 Å². The first-order valence-corrected chi connectivity index (χ1v) is 6.62. The highest BCUT2D eigenvalue weighted by Crippen LogP contribution is 2.28. The van der Waals surface area contributed by atoms with Crippen LogP contribution >= 0.6 is 11.8 Å². The van der Waals surface area contributed by atoms with Crippen molar-refractivity contribution in [1.82, 2.24) is 0 Å². The number of carbonyl (C=O) groups excluding carboxylic acids is 1. The molecule has 1 aromatic carbocycles. The largest absolute Gasteiger partial charge is 0.467 e. The van der Waals surface area contributed by atoms with E-state index in [0.29, 0.717) is 11.3 Å². The fourth-order valence-electron chi connectivity index (χ4n) is 1.51. The molecule has 0 amide bonds. The van der Waals surface area contributed by atoms with Crippen LogP contribution < -0.4 is 5.32 Å². The van der Waals surface area contributed by atoms with Crippen molar-refractivity contribution < 1.29 is 9.53 Å². The third-order valence-electron chi connectivity index (χ3n) is 2.36. The molecule has 1 unspecified atom stereocenters. The Morgan fingerprint density at radius 1 is 1.61 bits per heavy atom. The predicted molar refractivity (Wildman–Crippen MR) is 72.7 cm³/mol. The summed E-state index contributed by atoms with van der Waals surface area (Å²) in [5.74, 6) is 0.539. The SMILES string of the molecule is CCSc1cccc(NC(C)C(=O)OC)c1C#N. The van der Waals surface area contributed by atoms with Gasteiger partial charge in [-0.3, -0.25) is 0 Å². The zero-order valence-corrected chi connectivity index (χ0v) is 11.5. The van der Waals surface area contributed by atoms with Crippen LogP contribution in [0.4, 0.5) is 5.69 Å². The average Bonchev–Trinajstić information content (AvgIpc) is 2.38. The van der Waals surface area contributed by atoms with Crippen LogP contribution in [0.3, 0.4) is 0 Å². The molecule has 0 aliphatic heterocycles. The first-order valence-electron chi connectivity index (χ1n) is 5.64. The first kappa shape index (κ1) is 14.4. The standard InChI is InChI=1S/C13H16N2O2S/c1-4-18-12-7-5-6-11(10(12)8-14)15-9(2)13(16)17-3/h5-7,9,15H,4H2,1-3H3. The molecule has 0 radical (unpaired) electrons. The van der Waals surface area contributed by atoms with Crippen molar-refractivity contribution >= 4 is 23.4 Å². The molecule has 1 aromatic rings. The van der Waals surface area contributed by atoms with Gasteiger partial charge in [0.2, 0.25) is 0 Å². The third kappa shape index (κ3) is 3.41. The van der Waals surface area contributed by atoms with E-state index in [-0.39, 0.29) is 5.97 Å². The van der Waals surface area contributed by atoms with E-state index >= 15 is 0 Å². The van der Waals surface area contributed by atoms with E-state index in [9.17, 15) is 10.1 Å². The van der Waals surface area contributed by atoms with Crippen LogP contribution in [0.25, 0.3) is 0 Å². The summed E-state index contributed by atoms with van der Waals surface area (Å²) >= 11 is 1.60. The molecule has 18 heavy (non-hydrogen) atoms. The number of nitrogens with zero attached hydrogens (tertiary/aromatic N) is 1. The number of nitriles is 1. The van der Waals surface area contributed by atoms with E-state index in [2.05, 4.69) is 16.1 Å². The molecular weight excluding hydrogens is 248 g/mol. The lowest BCUT2D eigenvalue weighted by Gasteiger charge is -2.15. The second kappa shape index (κ2) is 6.92. The molecule has 0 saturated carbocycles. The van der Waals surface area contributed by atoms with Gasteiger partial charge in [0.25, 0.3) is 0 Å². The molecular formula is C13H16N2O2S. The molecule has 5 heteroatoms. The maximum absolute atomic E-state index is 11.4. The van der Waals surface area contributed by atoms with E-state index in [4.69, 9.17) is 0 Å². The van der Waals surface area contributed by atoms with Gasteiger partial charge in [-0.25, -0.2) is 4.79 Å². The Kier molecular flexibility index (Phi) is 5.53. The third-order valence-corrected chi connectivity index (χ3v) is 3.30. The molecule has 0 heterocycles. The highest BCUT2D eigenvalue weighted by atomic mass is 32.2. The zero-order chi connectivity index (χ0) is 13.5. The van der Waals surface area contributed by atoms with Gasteiger partial charge in [0.15, 0.2) is 0 Å². The fourth-order valence-corrected chi connectivity index (χ4v) is 2.30. The molecule has 4 nitrogen and oxygen atoms in total. The molecule has 0 bridgehead atoms. The summed E-state index contributed by atoms with van der Waals surface area (Å²) in [7, 11) is 1.34. The molecule has 96 valence electrons. The van der Waals surface area contributed by atoms with E-state index in [1.165, 1.54) is 7.11 Å². The summed E-state index contributed by atoms with van der Waals surface area (Å²) < 4.78 is 4.65. The number of hydrogen-bond acceptors (Lipinski definition) is 5. The monoisotopic (exact) mass is 264 g/mol. The molecule has 1 atom stereocenters. The van der Waals surface area contributed by atoms with Crippen molar-refractivity contribution in [3.05, 3.63) is 23.8 Å². The molecule has 0 fully saturated rings. The highest BCUT2D eigenvalue weighted by Gasteiger charge is 2.15. The van der Waals surface area contributed by atoms with Gasteiger partial charge in [-0.1, -0.05) is 13.0 Å². The van der Waals surface area contributed by atoms with E-state index in [1.807, 2.05) is 19.1 Å². The predicted octanol–water partition coefficient (Wildman–Crippen LogP) is 2.64. The molecule has 0 spiro atoms. The summed E-state index contributed by atoms with van der Waals surface area (Å²) in [4.78, 5) is 12.3. The Morgan fingerprint density at radius 3 is 2.89 bits per heavy atom. The molecule has 0 aliphatic carbocycles. The maximum Gasteiger partial charge on any atom is 0.327 e. The van der Waals surface area contributed by atoms with Crippen LogP contribution in [0, 0.1) is 11.3 Å². The molecule has 1 N–H and O–H groups in total. The lowest BCUT2D eigenvalue weighted by molar-refractivity contribution is -0.141. The van der Waals surface area contributed by atoms with Gasteiger partial charge < -0.3 is 10.1 Å². The second-order valence-electron chi connectivity index (χ2n) is 3.61. The highest BCUT2D eigenvalue weighted by molar-refractivity contribution is 7.99. The molecule has 0 aliphatic rings. The smallest absolute Gasteiger partial charge is 0.327 e. The Morgan fingerprint density at radius 2 is 2.33 bits per heavy atom. The summed E-state index contributed by atoms with van der Waals surface area (Å²) in [5.41, 5.74) is 1.23. The van der Waals surface area contributed by atoms with Gasteiger partial charge in [0.1, 0.15) is 12.1 Å². The summed E-state index contributed by atoms with van der Waals surface area (Å²) in [6.07, 6.45) is 0. The Bertz CT molecular complexity index is 469. The van der Waals surface area contributed by atoms with Gasteiger partial charge in [0, 0.05) is 4.90 Å². The number of methoxy groups -OCH3 is 1. The normalized spacial score (nSPS) is 11.4. The number of nitrogens with one attached hydrogen (secondary N) is 1. The number of ether oxygens (including phenoxy) is 1. The minimum atomic E-state index is -0.482. The maximum atomic E-state index is 11.4. The van der Waals surface area contributed by atoms with E-state index in [1.54, 1.807) is 24.8 Å². The van der Waals surface area contributed by atoms with Crippen LogP contribution in [0.1, 0.15) is 19.4 Å². The van der Waals surface area contributed by atoms with Crippen molar-refractivity contribution in [2.75, 3.05) is 18.2 Å². The van der Waals surface area contributed by atoms with Gasteiger partial charge in [0.05, 0.1) is 18.4 Å². The first-order chi connectivity index (χ1) is 8.63. The van der Waals surface area contributed by atoms with Gasteiger partial charge in [-0.2, -0.15) is 5.26 Å².